The van der Waals surface area contributed by atoms with Crippen LogP contribution in [0.5, 0.6) is 0 Å². The summed E-state index contributed by atoms with van der Waals surface area (Å²) in [7, 11) is 0. The second kappa shape index (κ2) is 5.16. The SMILES string of the molecule is CCC(N)C(OCCC1CC1)C(F)(F)F. The van der Waals surface area contributed by atoms with E-state index in [9.17, 15) is 13.2 Å². The van der Waals surface area contributed by atoms with E-state index in [-0.39, 0.29) is 13.0 Å². The molecule has 0 heterocycles. The smallest absolute Gasteiger partial charge is 0.367 e. The Bertz CT molecular complexity index is 192. The van der Waals surface area contributed by atoms with Gasteiger partial charge in [0.2, 0.25) is 0 Å². The summed E-state index contributed by atoms with van der Waals surface area (Å²) in [6.07, 6.45) is -2.91. The van der Waals surface area contributed by atoms with E-state index in [4.69, 9.17) is 10.5 Å². The molecule has 2 N–H and O–H groups in total. The summed E-state index contributed by atoms with van der Waals surface area (Å²) in [4.78, 5) is 0. The van der Waals surface area contributed by atoms with E-state index in [1.165, 1.54) is 0 Å². The van der Waals surface area contributed by atoms with Crippen molar-refractivity contribution in [1.82, 2.24) is 0 Å². The molecule has 0 aromatic rings. The van der Waals surface area contributed by atoms with Crippen molar-refractivity contribution in [2.75, 3.05) is 6.61 Å². The van der Waals surface area contributed by atoms with Crippen molar-refractivity contribution in [3.8, 4) is 0 Å². The normalized spacial score (nSPS) is 21.4. The summed E-state index contributed by atoms with van der Waals surface area (Å²) in [6.45, 7) is 1.80. The first kappa shape index (κ1) is 12.8. The molecule has 1 aliphatic rings. The van der Waals surface area contributed by atoms with Crippen LogP contribution in [0, 0.1) is 5.92 Å². The molecule has 1 saturated carbocycles. The molecule has 1 fully saturated rings. The van der Waals surface area contributed by atoms with Gasteiger partial charge in [0.25, 0.3) is 0 Å². The first-order valence-electron chi connectivity index (χ1n) is 5.39. The van der Waals surface area contributed by atoms with Gasteiger partial charge in [0, 0.05) is 12.6 Å². The van der Waals surface area contributed by atoms with E-state index >= 15 is 0 Å². The van der Waals surface area contributed by atoms with Crippen LogP contribution in [-0.2, 0) is 4.74 Å². The Morgan fingerprint density at radius 1 is 1.40 bits per heavy atom. The van der Waals surface area contributed by atoms with Crippen molar-refractivity contribution in [2.24, 2.45) is 11.7 Å². The molecule has 2 nitrogen and oxygen atoms in total. The number of halogens is 3. The Morgan fingerprint density at radius 2 is 2.00 bits per heavy atom. The summed E-state index contributed by atoms with van der Waals surface area (Å²) in [6, 6.07) is -0.954. The molecule has 0 radical (unpaired) electrons. The molecule has 0 amide bonds. The molecule has 2 unspecified atom stereocenters. The van der Waals surface area contributed by atoms with Crippen LogP contribution < -0.4 is 5.73 Å². The Balaban J connectivity index is 2.33. The molecule has 2 atom stereocenters. The zero-order chi connectivity index (χ0) is 11.5. The van der Waals surface area contributed by atoms with Gasteiger partial charge in [-0.15, -0.1) is 0 Å². The molecule has 0 aliphatic heterocycles. The highest BCUT2D eigenvalue weighted by molar-refractivity contribution is 4.80. The van der Waals surface area contributed by atoms with Gasteiger partial charge in [-0.25, -0.2) is 0 Å². The van der Waals surface area contributed by atoms with Crippen LogP contribution in [0.2, 0.25) is 0 Å². The van der Waals surface area contributed by atoms with Gasteiger partial charge in [0.15, 0.2) is 6.10 Å². The van der Waals surface area contributed by atoms with Gasteiger partial charge >= 0.3 is 6.18 Å². The van der Waals surface area contributed by atoms with Crippen LogP contribution >= 0.6 is 0 Å². The maximum Gasteiger partial charge on any atom is 0.416 e. The highest BCUT2D eigenvalue weighted by Crippen LogP contribution is 2.33. The highest BCUT2D eigenvalue weighted by atomic mass is 19.4. The largest absolute Gasteiger partial charge is 0.416 e. The van der Waals surface area contributed by atoms with Crippen LogP contribution in [0.3, 0.4) is 0 Å². The lowest BCUT2D eigenvalue weighted by atomic mass is 10.1. The Kier molecular flexibility index (Phi) is 4.40. The lowest BCUT2D eigenvalue weighted by Crippen LogP contribution is -2.46. The molecule has 1 aliphatic carbocycles. The summed E-state index contributed by atoms with van der Waals surface area (Å²) >= 11 is 0. The number of nitrogens with two attached hydrogens (primary N) is 1. The first-order chi connectivity index (χ1) is 6.95. The monoisotopic (exact) mass is 225 g/mol. The minimum absolute atomic E-state index is 0.169. The molecule has 15 heavy (non-hydrogen) atoms. The van der Waals surface area contributed by atoms with Gasteiger partial charge in [-0.2, -0.15) is 13.2 Å². The van der Waals surface area contributed by atoms with Gasteiger partial charge in [-0.1, -0.05) is 19.8 Å². The molecule has 0 bridgehead atoms. The molecule has 0 spiro atoms. The standard InChI is InChI=1S/C10H18F3NO/c1-2-8(14)9(10(11,12)13)15-6-5-7-3-4-7/h7-9H,2-6,14H2,1H3. The maximum absolute atomic E-state index is 12.5. The summed E-state index contributed by atoms with van der Waals surface area (Å²) < 4.78 is 42.3. The van der Waals surface area contributed by atoms with E-state index < -0.39 is 18.3 Å². The Hall–Kier alpha value is -0.290. The Labute approximate surface area is 88.0 Å². The molecule has 5 heteroatoms. The highest BCUT2D eigenvalue weighted by Gasteiger charge is 2.44. The third-order valence-corrected chi connectivity index (χ3v) is 2.70. The van der Waals surface area contributed by atoms with E-state index in [0.717, 1.165) is 19.3 Å². The van der Waals surface area contributed by atoms with E-state index in [0.29, 0.717) is 5.92 Å². The molecule has 0 saturated heterocycles. The predicted molar refractivity (Wildman–Crippen MR) is 51.4 cm³/mol. The van der Waals surface area contributed by atoms with Crippen LogP contribution in [0.1, 0.15) is 32.6 Å². The summed E-state index contributed by atoms with van der Waals surface area (Å²) in [5.41, 5.74) is 5.39. The number of ether oxygens (including phenoxy) is 1. The minimum atomic E-state index is -4.35. The molecule has 0 aromatic heterocycles. The quantitative estimate of drug-likeness (QED) is 0.753. The van der Waals surface area contributed by atoms with Gasteiger partial charge < -0.3 is 10.5 Å². The van der Waals surface area contributed by atoms with Crippen molar-refractivity contribution in [2.45, 2.75) is 50.9 Å². The second-order valence-electron chi connectivity index (χ2n) is 4.14. The van der Waals surface area contributed by atoms with Crippen molar-refractivity contribution >= 4 is 0 Å². The lowest BCUT2D eigenvalue weighted by molar-refractivity contribution is -0.226. The zero-order valence-corrected chi connectivity index (χ0v) is 8.89. The average Bonchev–Trinajstić information content (AvgIpc) is 2.93. The second-order valence-corrected chi connectivity index (χ2v) is 4.14. The lowest BCUT2D eigenvalue weighted by Gasteiger charge is -2.25. The molecule has 90 valence electrons. The van der Waals surface area contributed by atoms with Crippen molar-refractivity contribution in [3.05, 3.63) is 0 Å². The zero-order valence-electron chi connectivity index (χ0n) is 8.89. The van der Waals surface area contributed by atoms with E-state index in [1.807, 2.05) is 0 Å². The first-order valence-corrected chi connectivity index (χ1v) is 5.39. The van der Waals surface area contributed by atoms with E-state index in [2.05, 4.69) is 0 Å². The Morgan fingerprint density at radius 3 is 2.40 bits per heavy atom. The maximum atomic E-state index is 12.5. The fraction of sp³-hybridized carbons (Fsp3) is 1.00. The molecule has 1 rings (SSSR count). The van der Waals surface area contributed by atoms with E-state index in [1.54, 1.807) is 6.92 Å². The van der Waals surface area contributed by atoms with Gasteiger partial charge in [0.1, 0.15) is 0 Å². The predicted octanol–water partition coefficient (Wildman–Crippen LogP) is 2.47. The molecule has 0 aromatic carbocycles. The summed E-state index contributed by atoms with van der Waals surface area (Å²) in [5, 5.41) is 0. The third-order valence-electron chi connectivity index (χ3n) is 2.70. The summed E-state index contributed by atoms with van der Waals surface area (Å²) in [5.74, 6) is 0.580. The molecular weight excluding hydrogens is 207 g/mol. The number of alkyl halides is 3. The van der Waals surface area contributed by atoms with Gasteiger partial charge in [-0.3, -0.25) is 0 Å². The topological polar surface area (TPSA) is 35.2 Å². The van der Waals surface area contributed by atoms with Crippen LogP contribution in [0.4, 0.5) is 13.2 Å². The number of hydrogen-bond donors (Lipinski definition) is 1. The fourth-order valence-electron chi connectivity index (χ4n) is 1.44. The van der Waals surface area contributed by atoms with Crippen LogP contribution in [0.25, 0.3) is 0 Å². The molecular formula is C10H18F3NO. The van der Waals surface area contributed by atoms with Crippen LogP contribution in [-0.4, -0.2) is 24.9 Å². The average molecular weight is 225 g/mol. The van der Waals surface area contributed by atoms with Gasteiger partial charge in [0.05, 0.1) is 0 Å². The third kappa shape index (κ3) is 4.38. The van der Waals surface area contributed by atoms with Crippen molar-refractivity contribution in [1.29, 1.82) is 0 Å². The fourth-order valence-corrected chi connectivity index (χ4v) is 1.44. The minimum Gasteiger partial charge on any atom is -0.367 e. The van der Waals surface area contributed by atoms with Crippen molar-refractivity contribution in [3.63, 3.8) is 0 Å². The van der Waals surface area contributed by atoms with Gasteiger partial charge in [-0.05, 0) is 18.8 Å². The number of hydrogen-bond acceptors (Lipinski definition) is 2. The van der Waals surface area contributed by atoms with Crippen LogP contribution in [0.15, 0.2) is 0 Å². The van der Waals surface area contributed by atoms with Crippen molar-refractivity contribution < 1.29 is 17.9 Å². The number of rotatable bonds is 6.